The summed E-state index contributed by atoms with van der Waals surface area (Å²) in [6.07, 6.45) is 8.96. The smallest absolute Gasteiger partial charge is 0.150 e. The van der Waals surface area contributed by atoms with Gasteiger partial charge in [-0.05, 0) is 51.5 Å². The fraction of sp³-hybridized carbons (Fsp3) is 1.00. The van der Waals surface area contributed by atoms with Crippen molar-refractivity contribution in [2.75, 3.05) is 12.8 Å². The molecular formula is C14H29NO2S. The minimum atomic E-state index is -2.83. The molecule has 18 heavy (non-hydrogen) atoms. The zero-order valence-electron chi connectivity index (χ0n) is 12.1. The van der Waals surface area contributed by atoms with E-state index in [1.807, 2.05) is 0 Å². The third kappa shape index (κ3) is 5.70. The summed E-state index contributed by atoms with van der Waals surface area (Å²) in [4.78, 5) is 0. The zero-order valence-corrected chi connectivity index (χ0v) is 12.9. The Kier molecular flexibility index (Phi) is 6.64. The van der Waals surface area contributed by atoms with Crippen molar-refractivity contribution in [3.8, 4) is 0 Å². The number of sulfone groups is 1. The summed E-state index contributed by atoms with van der Waals surface area (Å²) in [5.41, 5.74) is 0. The van der Waals surface area contributed by atoms with Crippen molar-refractivity contribution in [2.45, 2.75) is 70.1 Å². The molecule has 0 amide bonds. The van der Waals surface area contributed by atoms with Crippen LogP contribution in [0.1, 0.15) is 58.8 Å². The Morgan fingerprint density at radius 2 is 2.06 bits per heavy atom. The Morgan fingerprint density at radius 1 is 1.33 bits per heavy atom. The molecule has 1 fully saturated rings. The monoisotopic (exact) mass is 275 g/mol. The number of hydrogen-bond acceptors (Lipinski definition) is 3. The standard InChI is InChI=1S/C14H29NO2S/c1-4-10-15-12(2)8-9-13-6-5-7-14(11-13)18(3,16)17/h12-15H,4-11H2,1-3H3. The van der Waals surface area contributed by atoms with Crippen LogP contribution in [0.4, 0.5) is 0 Å². The van der Waals surface area contributed by atoms with Crippen LogP contribution in [0.15, 0.2) is 0 Å². The lowest BCUT2D eigenvalue weighted by atomic mass is 9.85. The largest absolute Gasteiger partial charge is 0.314 e. The Bertz CT molecular complexity index is 327. The summed E-state index contributed by atoms with van der Waals surface area (Å²) >= 11 is 0. The first kappa shape index (κ1) is 16.0. The molecule has 0 radical (unpaired) electrons. The molecule has 0 heterocycles. The predicted molar refractivity (Wildman–Crippen MR) is 77.6 cm³/mol. The first-order chi connectivity index (χ1) is 8.43. The maximum Gasteiger partial charge on any atom is 0.150 e. The number of hydrogen-bond donors (Lipinski definition) is 1. The SMILES string of the molecule is CCCNC(C)CCC1CCCC(S(C)(=O)=O)C1. The molecule has 3 atom stereocenters. The maximum atomic E-state index is 11.6. The van der Waals surface area contributed by atoms with Gasteiger partial charge in [0.05, 0.1) is 5.25 Å². The highest BCUT2D eigenvalue weighted by atomic mass is 32.2. The second kappa shape index (κ2) is 7.49. The molecule has 4 heteroatoms. The van der Waals surface area contributed by atoms with Crippen molar-refractivity contribution in [1.29, 1.82) is 0 Å². The van der Waals surface area contributed by atoms with Gasteiger partial charge < -0.3 is 5.32 Å². The van der Waals surface area contributed by atoms with E-state index < -0.39 is 9.84 Å². The quantitative estimate of drug-likeness (QED) is 0.777. The van der Waals surface area contributed by atoms with Crippen molar-refractivity contribution in [1.82, 2.24) is 5.32 Å². The summed E-state index contributed by atoms with van der Waals surface area (Å²) < 4.78 is 23.2. The highest BCUT2D eigenvalue weighted by molar-refractivity contribution is 7.91. The summed E-state index contributed by atoms with van der Waals surface area (Å²) in [7, 11) is -2.83. The van der Waals surface area contributed by atoms with Crippen molar-refractivity contribution < 1.29 is 8.42 Å². The fourth-order valence-electron chi connectivity index (χ4n) is 2.87. The average molecular weight is 275 g/mol. The third-order valence-electron chi connectivity index (χ3n) is 4.09. The molecule has 108 valence electrons. The van der Waals surface area contributed by atoms with Crippen LogP contribution in [0.3, 0.4) is 0 Å². The number of nitrogens with one attached hydrogen (secondary N) is 1. The van der Waals surface area contributed by atoms with Crippen molar-refractivity contribution in [3.05, 3.63) is 0 Å². The molecule has 1 rings (SSSR count). The van der Waals surface area contributed by atoms with Crippen molar-refractivity contribution in [3.63, 3.8) is 0 Å². The van der Waals surface area contributed by atoms with E-state index in [1.165, 1.54) is 31.9 Å². The van der Waals surface area contributed by atoms with Crippen LogP contribution in [0, 0.1) is 5.92 Å². The van der Waals surface area contributed by atoms with E-state index in [1.54, 1.807) is 0 Å². The predicted octanol–water partition coefficient (Wildman–Crippen LogP) is 2.76. The van der Waals surface area contributed by atoms with Gasteiger partial charge in [-0.3, -0.25) is 0 Å². The molecule has 0 bridgehead atoms. The summed E-state index contributed by atoms with van der Waals surface area (Å²) in [6, 6.07) is 0.559. The lowest BCUT2D eigenvalue weighted by molar-refractivity contribution is 0.317. The van der Waals surface area contributed by atoms with Crippen molar-refractivity contribution in [2.24, 2.45) is 5.92 Å². The van der Waals surface area contributed by atoms with Crippen molar-refractivity contribution >= 4 is 9.84 Å². The lowest BCUT2D eigenvalue weighted by Crippen LogP contribution is -2.30. The van der Waals surface area contributed by atoms with E-state index in [4.69, 9.17) is 0 Å². The fourth-order valence-corrected chi connectivity index (χ4v) is 4.09. The minimum absolute atomic E-state index is 0.0739. The molecule has 1 N–H and O–H groups in total. The highest BCUT2D eigenvalue weighted by Gasteiger charge is 2.28. The molecule has 0 spiro atoms. The normalized spacial score (nSPS) is 27.1. The lowest BCUT2D eigenvalue weighted by Gasteiger charge is -2.28. The van der Waals surface area contributed by atoms with Crippen LogP contribution in [0.5, 0.6) is 0 Å². The Balaban J connectivity index is 2.30. The Morgan fingerprint density at radius 3 is 2.67 bits per heavy atom. The van der Waals surface area contributed by atoms with Crippen LogP contribution >= 0.6 is 0 Å². The van der Waals surface area contributed by atoms with Gasteiger partial charge in [0, 0.05) is 12.3 Å². The minimum Gasteiger partial charge on any atom is -0.314 e. The average Bonchev–Trinajstić information content (AvgIpc) is 2.33. The highest BCUT2D eigenvalue weighted by Crippen LogP contribution is 2.31. The van der Waals surface area contributed by atoms with Gasteiger partial charge in [-0.1, -0.05) is 19.8 Å². The van der Waals surface area contributed by atoms with E-state index in [2.05, 4.69) is 19.2 Å². The molecule has 0 aromatic heterocycles. The van der Waals surface area contributed by atoms with Gasteiger partial charge >= 0.3 is 0 Å². The molecule has 1 aliphatic rings. The molecule has 0 aliphatic heterocycles. The van der Waals surface area contributed by atoms with Gasteiger partial charge in [-0.15, -0.1) is 0 Å². The first-order valence-electron chi connectivity index (χ1n) is 7.35. The van der Waals surface area contributed by atoms with Gasteiger partial charge in [0.2, 0.25) is 0 Å². The van der Waals surface area contributed by atoms with Crippen LogP contribution in [0.25, 0.3) is 0 Å². The summed E-state index contributed by atoms with van der Waals surface area (Å²) in [6.45, 7) is 5.49. The summed E-state index contributed by atoms with van der Waals surface area (Å²) in [5.74, 6) is 0.615. The van der Waals surface area contributed by atoms with Gasteiger partial charge in [0.1, 0.15) is 9.84 Å². The zero-order chi connectivity index (χ0) is 13.6. The topological polar surface area (TPSA) is 46.2 Å². The van der Waals surface area contributed by atoms with E-state index in [-0.39, 0.29) is 5.25 Å². The van der Waals surface area contributed by atoms with Gasteiger partial charge in [0.15, 0.2) is 0 Å². The van der Waals surface area contributed by atoms with Crippen LogP contribution in [-0.2, 0) is 9.84 Å². The molecule has 0 saturated heterocycles. The molecular weight excluding hydrogens is 246 g/mol. The van der Waals surface area contributed by atoms with E-state index in [0.29, 0.717) is 12.0 Å². The molecule has 1 aliphatic carbocycles. The molecule has 3 nitrogen and oxygen atoms in total. The van der Waals surface area contributed by atoms with Crippen LogP contribution in [-0.4, -0.2) is 32.5 Å². The second-order valence-electron chi connectivity index (χ2n) is 5.92. The van der Waals surface area contributed by atoms with E-state index in [0.717, 1.165) is 25.8 Å². The third-order valence-corrected chi connectivity index (χ3v) is 5.73. The van der Waals surface area contributed by atoms with Gasteiger partial charge in [0.25, 0.3) is 0 Å². The first-order valence-corrected chi connectivity index (χ1v) is 9.31. The van der Waals surface area contributed by atoms with Gasteiger partial charge in [-0.2, -0.15) is 0 Å². The van der Waals surface area contributed by atoms with Crippen LogP contribution < -0.4 is 5.32 Å². The van der Waals surface area contributed by atoms with E-state index >= 15 is 0 Å². The molecule has 3 unspecified atom stereocenters. The maximum absolute atomic E-state index is 11.6. The Labute approximate surface area is 113 Å². The second-order valence-corrected chi connectivity index (χ2v) is 8.24. The van der Waals surface area contributed by atoms with Crippen LogP contribution in [0.2, 0.25) is 0 Å². The summed E-state index contributed by atoms with van der Waals surface area (Å²) in [5, 5.41) is 3.42. The number of rotatable bonds is 7. The molecule has 0 aromatic rings. The molecule has 0 aromatic carbocycles. The van der Waals surface area contributed by atoms with Gasteiger partial charge in [-0.25, -0.2) is 8.42 Å². The Hall–Kier alpha value is -0.0900. The molecule has 1 saturated carbocycles. The van der Waals surface area contributed by atoms with E-state index in [9.17, 15) is 8.42 Å².